The number of ether oxygens (including phenoxy) is 3. The first-order chi connectivity index (χ1) is 11.9. The van der Waals surface area contributed by atoms with E-state index in [-0.39, 0.29) is 5.60 Å². The van der Waals surface area contributed by atoms with Crippen molar-refractivity contribution in [1.29, 1.82) is 0 Å². The van der Waals surface area contributed by atoms with Crippen LogP contribution in [-0.2, 0) is 9.47 Å². The van der Waals surface area contributed by atoms with E-state index >= 15 is 0 Å². The fourth-order valence-electron chi connectivity index (χ4n) is 3.98. The Balaban J connectivity index is 1.73. The standard InChI is InChI=1S/C20H32N2O3/c1-14-10-16(11-15(2)25-14)21-18-7-6-17(12-19(18)23-5)22-8-9-24-20(3,4)13-22/h6-7,12,14-16,21H,8-11,13H2,1-5H3/t14-,15-/m1/s1. The van der Waals surface area contributed by atoms with E-state index < -0.39 is 0 Å². The van der Waals surface area contributed by atoms with Crippen molar-refractivity contribution in [3.05, 3.63) is 18.2 Å². The zero-order valence-corrected chi connectivity index (χ0v) is 16.2. The van der Waals surface area contributed by atoms with Gasteiger partial charge in [0.2, 0.25) is 0 Å². The molecule has 0 saturated carbocycles. The highest BCUT2D eigenvalue weighted by atomic mass is 16.5. The second kappa shape index (κ2) is 7.42. The summed E-state index contributed by atoms with van der Waals surface area (Å²) in [4.78, 5) is 2.37. The summed E-state index contributed by atoms with van der Waals surface area (Å²) < 4.78 is 17.3. The smallest absolute Gasteiger partial charge is 0.144 e. The molecule has 0 aromatic heterocycles. The van der Waals surface area contributed by atoms with Crippen molar-refractivity contribution in [2.75, 3.05) is 37.0 Å². The molecule has 0 spiro atoms. The summed E-state index contributed by atoms with van der Waals surface area (Å²) in [5.74, 6) is 0.897. The van der Waals surface area contributed by atoms with E-state index in [2.05, 4.69) is 56.1 Å². The normalized spacial score (nSPS) is 29.3. The Morgan fingerprint density at radius 1 is 1.20 bits per heavy atom. The monoisotopic (exact) mass is 348 g/mol. The molecule has 1 aromatic rings. The lowest BCUT2D eigenvalue weighted by Gasteiger charge is -2.39. The van der Waals surface area contributed by atoms with Crippen LogP contribution in [0, 0.1) is 0 Å². The Labute approximate surface area is 151 Å². The second-order valence-corrected chi connectivity index (χ2v) is 7.98. The van der Waals surface area contributed by atoms with Gasteiger partial charge < -0.3 is 24.4 Å². The first-order valence-electron chi connectivity index (χ1n) is 9.35. The lowest BCUT2D eigenvalue weighted by Crippen LogP contribution is -2.48. The van der Waals surface area contributed by atoms with Gasteiger partial charge in [-0.15, -0.1) is 0 Å². The fourth-order valence-corrected chi connectivity index (χ4v) is 3.98. The molecule has 0 radical (unpaired) electrons. The van der Waals surface area contributed by atoms with Crippen LogP contribution in [0.5, 0.6) is 5.75 Å². The molecule has 2 saturated heterocycles. The van der Waals surface area contributed by atoms with Crippen molar-refractivity contribution in [1.82, 2.24) is 0 Å². The molecule has 2 heterocycles. The highest BCUT2D eigenvalue weighted by molar-refractivity contribution is 5.65. The van der Waals surface area contributed by atoms with Crippen molar-refractivity contribution in [3.8, 4) is 5.75 Å². The zero-order chi connectivity index (χ0) is 18.0. The van der Waals surface area contributed by atoms with E-state index in [4.69, 9.17) is 14.2 Å². The molecule has 0 unspecified atom stereocenters. The van der Waals surface area contributed by atoms with Gasteiger partial charge in [-0.3, -0.25) is 0 Å². The first kappa shape index (κ1) is 18.3. The van der Waals surface area contributed by atoms with Gasteiger partial charge in [0.1, 0.15) is 5.75 Å². The molecule has 1 N–H and O–H groups in total. The lowest BCUT2D eigenvalue weighted by atomic mass is 9.99. The molecule has 0 bridgehead atoms. The molecule has 2 aliphatic rings. The van der Waals surface area contributed by atoms with Crippen LogP contribution < -0.4 is 15.0 Å². The number of methoxy groups -OCH3 is 1. The average Bonchev–Trinajstić information content (AvgIpc) is 2.53. The van der Waals surface area contributed by atoms with Crippen molar-refractivity contribution in [3.63, 3.8) is 0 Å². The van der Waals surface area contributed by atoms with E-state index in [1.807, 2.05) is 0 Å². The third-order valence-corrected chi connectivity index (χ3v) is 5.03. The summed E-state index contributed by atoms with van der Waals surface area (Å²) in [6.45, 7) is 11.1. The zero-order valence-electron chi connectivity index (χ0n) is 16.2. The number of hydrogen-bond donors (Lipinski definition) is 1. The van der Waals surface area contributed by atoms with Crippen LogP contribution in [0.4, 0.5) is 11.4 Å². The number of anilines is 2. The van der Waals surface area contributed by atoms with Gasteiger partial charge >= 0.3 is 0 Å². The molecule has 0 aliphatic carbocycles. The number of hydrogen-bond acceptors (Lipinski definition) is 5. The molecule has 2 fully saturated rings. The van der Waals surface area contributed by atoms with Crippen LogP contribution >= 0.6 is 0 Å². The van der Waals surface area contributed by atoms with Crippen molar-refractivity contribution in [2.45, 2.75) is 64.4 Å². The third-order valence-electron chi connectivity index (χ3n) is 5.03. The van der Waals surface area contributed by atoms with E-state index in [0.717, 1.165) is 44.0 Å². The maximum atomic E-state index is 5.84. The molecule has 2 atom stereocenters. The maximum absolute atomic E-state index is 5.84. The maximum Gasteiger partial charge on any atom is 0.144 e. The molecule has 5 nitrogen and oxygen atoms in total. The van der Waals surface area contributed by atoms with Crippen molar-refractivity contribution < 1.29 is 14.2 Å². The van der Waals surface area contributed by atoms with E-state index in [1.165, 1.54) is 5.69 Å². The number of rotatable bonds is 4. The van der Waals surface area contributed by atoms with Crippen LogP contribution in [0.3, 0.4) is 0 Å². The molecule has 25 heavy (non-hydrogen) atoms. The summed E-state index contributed by atoms with van der Waals surface area (Å²) in [5.41, 5.74) is 2.13. The van der Waals surface area contributed by atoms with E-state index in [0.29, 0.717) is 18.2 Å². The molecule has 1 aromatic carbocycles. The minimum Gasteiger partial charge on any atom is -0.495 e. The third kappa shape index (κ3) is 4.59. The van der Waals surface area contributed by atoms with Crippen molar-refractivity contribution >= 4 is 11.4 Å². The average molecular weight is 348 g/mol. The van der Waals surface area contributed by atoms with Gasteiger partial charge in [-0.1, -0.05) is 0 Å². The molecular weight excluding hydrogens is 316 g/mol. The number of morpholine rings is 1. The Morgan fingerprint density at radius 2 is 1.92 bits per heavy atom. The van der Waals surface area contributed by atoms with E-state index in [9.17, 15) is 0 Å². The lowest BCUT2D eigenvalue weighted by molar-refractivity contribution is -0.0338. The number of nitrogens with one attached hydrogen (secondary N) is 1. The Hall–Kier alpha value is -1.46. The fraction of sp³-hybridized carbons (Fsp3) is 0.700. The molecule has 3 rings (SSSR count). The predicted octanol–water partition coefficient (Wildman–Crippen LogP) is 3.68. The van der Waals surface area contributed by atoms with Crippen LogP contribution in [-0.4, -0.2) is 50.7 Å². The van der Waals surface area contributed by atoms with Gasteiger partial charge in [-0.2, -0.15) is 0 Å². The Morgan fingerprint density at radius 3 is 2.56 bits per heavy atom. The molecule has 0 amide bonds. The van der Waals surface area contributed by atoms with E-state index in [1.54, 1.807) is 7.11 Å². The summed E-state index contributed by atoms with van der Waals surface area (Å²) in [6.07, 6.45) is 2.63. The van der Waals surface area contributed by atoms with Crippen LogP contribution in [0.1, 0.15) is 40.5 Å². The minimum atomic E-state index is -0.114. The quantitative estimate of drug-likeness (QED) is 0.899. The summed E-state index contributed by atoms with van der Waals surface area (Å²) in [5, 5.41) is 3.66. The highest BCUT2D eigenvalue weighted by Gasteiger charge is 2.28. The molecule has 2 aliphatic heterocycles. The molecular formula is C20H32N2O3. The molecule has 140 valence electrons. The largest absolute Gasteiger partial charge is 0.495 e. The Kier molecular flexibility index (Phi) is 5.44. The minimum absolute atomic E-state index is 0.114. The second-order valence-electron chi connectivity index (χ2n) is 7.98. The van der Waals surface area contributed by atoms with Gasteiger partial charge in [0.25, 0.3) is 0 Å². The SMILES string of the molecule is COc1cc(N2CCOC(C)(C)C2)ccc1NC1C[C@@H](C)O[C@H](C)C1. The Bertz CT molecular complexity index is 580. The van der Waals surface area contributed by atoms with Gasteiger partial charge in [0.15, 0.2) is 0 Å². The van der Waals surface area contributed by atoms with Gasteiger partial charge in [-0.05, 0) is 52.7 Å². The summed E-state index contributed by atoms with van der Waals surface area (Å²) in [6, 6.07) is 6.87. The first-order valence-corrected chi connectivity index (χ1v) is 9.35. The van der Waals surface area contributed by atoms with Gasteiger partial charge in [0, 0.05) is 30.9 Å². The summed E-state index contributed by atoms with van der Waals surface area (Å²) in [7, 11) is 1.74. The predicted molar refractivity (Wildman–Crippen MR) is 102 cm³/mol. The van der Waals surface area contributed by atoms with Gasteiger partial charge in [0.05, 0.1) is 37.2 Å². The number of benzene rings is 1. The van der Waals surface area contributed by atoms with Crippen molar-refractivity contribution in [2.24, 2.45) is 0 Å². The van der Waals surface area contributed by atoms with Crippen LogP contribution in [0.15, 0.2) is 18.2 Å². The molecule has 5 heteroatoms. The van der Waals surface area contributed by atoms with Crippen LogP contribution in [0.25, 0.3) is 0 Å². The summed E-state index contributed by atoms with van der Waals surface area (Å²) >= 11 is 0. The van der Waals surface area contributed by atoms with Gasteiger partial charge in [-0.25, -0.2) is 0 Å². The van der Waals surface area contributed by atoms with Crippen LogP contribution in [0.2, 0.25) is 0 Å². The highest BCUT2D eigenvalue weighted by Crippen LogP contribution is 2.33. The number of nitrogens with zero attached hydrogens (tertiary/aromatic N) is 1. The topological polar surface area (TPSA) is 43.0 Å².